The van der Waals surface area contributed by atoms with E-state index in [0.29, 0.717) is 24.3 Å². The summed E-state index contributed by atoms with van der Waals surface area (Å²) < 4.78 is 0. The van der Waals surface area contributed by atoms with E-state index in [-0.39, 0.29) is 17.6 Å². The smallest absolute Gasteiger partial charge is 0.321 e. The fourth-order valence-corrected chi connectivity index (χ4v) is 2.51. The van der Waals surface area contributed by atoms with E-state index in [9.17, 15) is 19.7 Å². The van der Waals surface area contributed by atoms with Gasteiger partial charge in [-0.3, -0.25) is 19.8 Å². The van der Waals surface area contributed by atoms with E-state index in [0.717, 1.165) is 5.69 Å². The zero-order chi connectivity index (χ0) is 18.5. The van der Waals surface area contributed by atoms with Crippen molar-refractivity contribution in [2.45, 2.75) is 0 Å². The van der Waals surface area contributed by atoms with Gasteiger partial charge in [-0.15, -0.1) is 0 Å². The number of urea groups is 1. The van der Waals surface area contributed by atoms with Gasteiger partial charge in [0.05, 0.1) is 4.92 Å². The predicted molar refractivity (Wildman–Crippen MR) is 97.9 cm³/mol. The Hall–Kier alpha value is -3.68. The number of nitrogens with zero attached hydrogens (tertiary/aromatic N) is 2. The highest BCUT2D eigenvalue weighted by Crippen LogP contribution is 2.19. The maximum absolute atomic E-state index is 12.0. The number of hydrogen-bond acceptors (Lipinski definition) is 4. The van der Waals surface area contributed by atoms with Crippen LogP contribution < -0.4 is 15.5 Å². The average Bonchev–Trinajstić information content (AvgIpc) is 3.07. The van der Waals surface area contributed by atoms with Gasteiger partial charge in [-0.25, -0.2) is 4.79 Å². The van der Waals surface area contributed by atoms with E-state index < -0.39 is 4.92 Å². The Bertz CT molecular complexity index is 860. The molecule has 0 atom stereocenters. The molecular formula is C18H16N4O4. The van der Waals surface area contributed by atoms with Crippen LogP contribution in [0.1, 0.15) is 5.56 Å². The molecule has 1 aliphatic heterocycles. The summed E-state index contributed by atoms with van der Waals surface area (Å²) in [6, 6.07) is 12.7. The van der Waals surface area contributed by atoms with Crippen LogP contribution in [0.4, 0.5) is 21.9 Å². The van der Waals surface area contributed by atoms with Crippen molar-refractivity contribution in [2.24, 2.45) is 0 Å². The van der Waals surface area contributed by atoms with Gasteiger partial charge < -0.3 is 10.6 Å². The number of carbonyl (C=O) groups is 2. The molecule has 0 aromatic heterocycles. The lowest BCUT2D eigenvalue weighted by atomic mass is 10.2. The molecule has 132 valence electrons. The van der Waals surface area contributed by atoms with Gasteiger partial charge in [0.2, 0.25) is 5.91 Å². The minimum atomic E-state index is -0.477. The maximum atomic E-state index is 12.0. The van der Waals surface area contributed by atoms with Crippen LogP contribution in [0.3, 0.4) is 0 Å². The van der Waals surface area contributed by atoms with Crippen LogP contribution in [0.25, 0.3) is 6.08 Å². The molecule has 8 heteroatoms. The Labute approximate surface area is 149 Å². The molecular weight excluding hydrogens is 336 g/mol. The summed E-state index contributed by atoms with van der Waals surface area (Å²) in [7, 11) is 0. The van der Waals surface area contributed by atoms with Gasteiger partial charge in [-0.05, 0) is 48.0 Å². The number of hydrogen-bond donors (Lipinski definition) is 2. The quantitative estimate of drug-likeness (QED) is 0.490. The molecule has 1 fully saturated rings. The Morgan fingerprint density at radius 2 is 1.85 bits per heavy atom. The molecule has 0 aliphatic carbocycles. The molecule has 1 aliphatic rings. The summed E-state index contributed by atoms with van der Waals surface area (Å²) in [5.41, 5.74) is 2.05. The van der Waals surface area contributed by atoms with E-state index in [1.807, 2.05) is 0 Å². The molecule has 0 radical (unpaired) electrons. The SMILES string of the molecule is O=C(/C=C/c1ccc([N+](=O)[O-])cc1)Nc1ccc(N2CCNC2=O)cc1. The Morgan fingerprint density at radius 1 is 1.15 bits per heavy atom. The first-order chi connectivity index (χ1) is 12.5. The lowest BCUT2D eigenvalue weighted by Gasteiger charge is -2.14. The summed E-state index contributed by atoms with van der Waals surface area (Å²) in [5, 5.41) is 16.1. The van der Waals surface area contributed by atoms with Crippen LogP contribution in [0.5, 0.6) is 0 Å². The van der Waals surface area contributed by atoms with Crippen molar-refractivity contribution in [3.63, 3.8) is 0 Å². The third-order valence-electron chi connectivity index (χ3n) is 3.83. The van der Waals surface area contributed by atoms with E-state index in [1.54, 1.807) is 47.4 Å². The number of benzene rings is 2. The third kappa shape index (κ3) is 4.04. The van der Waals surface area contributed by atoms with Gasteiger partial charge in [0.15, 0.2) is 0 Å². The molecule has 0 bridgehead atoms. The van der Waals surface area contributed by atoms with Gasteiger partial charge in [0, 0.05) is 42.7 Å². The van der Waals surface area contributed by atoms with E-state index >= 15 is 0 Å². The topological polar surface area (TPSA) is 105 Å². The highest BCUT2D eigenvalue weighted by Gasteiger charge is 2.20. The van der Waals surface area contributed by atoms with Crippen LogP contribution in [0, 0.1) is 10.1 Å². The number of carbonyl (C=O) groups excluding carboxylic acids is 2. The van der Waals surface area contributed by atoms with Crippen molar-refractivity contribution in [3.05, 3.63) is 70.3 Å². The zero-order valence-electron chi connectivity index (χ0n) is 13.7. The molecule has 3 rings (SSSR count). The average molecular weight is 352 g/mol. The number of nitro groups is 1. The Kier molecular flexibility index (Phi) is 4.93. The number of rotatable bonds is 5. The number of anilines is 2. The van der Waals surface area contributed by atoms with Gasteiger partial charge in [0.1, 0.15) is 0 Å². The standard InChI is InChI=1S/C18H16N4O4/c23-17(10-3-13-1-6-16(7-2-13)22(25)26)20-14-4-8-15(9-5-14)21-12-11-19-18(21)24/h1-10H,11-12H2,(H,19,24)(H,20,23)/b10-3+. The normalized spacial score (nSPS) is 13.7. The van der Waals surface area contributed by atoms with Crippen LogP contribution in [0.2, 0.25) is 0 Å². The highest BCUT2D eigenvalue weighted by molar-refractivity contribution is 6.02. The molecule has 0 spiro atoms. The second-order valence-electron chi connectivity index (χ2n) is 5.60. The van der Waals surface area contributed by atoms with Gasteiger partial charge >= 0.3 is 6.03 Å². The molecule has 2 N–H and O–H groups in total. The predicted octanol–water partition coefficient (Wildman–Crippen LogP) is 2.78. The van der Waals surface area contributed by atoms with Gasteiger partial charge in [-0.2, -0.15) is 0 Å². The first-order valence-corrected chi connectivity index (χ1v) is 7.92. The minimum absolute atomic E-state index is 0.00150. The van der Waals surface area contributed by atoms with Crippen molar-refractivity contribution in [1.82, 2.24) is 5.32 Å². The summed E-state index contributed by atoms with van der Waals surface area (Å²) >= 11 is 0. The molecule has 0 saturated carbocycles. The fourth-order valence-electron chi connectivity index (χ4n) is 2.51. The molecule has 1 heterocycles. The molecule has 8 nitrogen and oxygen atoms in total. The van der Waals surface area contributed by atoms with Crippen molar-refractivity contribution in [3.8, 4) is 0 Å². The molecule has 26 heavy (non-hydrogen) atoms. The fraction of sp³-hybridized carbons (Fsp3) is 0.111. The van der Waals surface area contributed by atoms with Crippen LogP contribution in [-0.2, 0) is 4.79 Å². The molecule has 1 saturated heterocycles. The van der Waals surface area contributed by atoms with E-state index in [2.05, 4.69) is 10.6 Å². The summed E-state index contributed by atoms with van der Waals surface area (Å²) in [4.78, 5) is 35.3. The second-order valence-corrected chi connectivity index (χ2v) is 5.60. The maximum Gasteiger partial charge on any atom is 0.321 e. The monoisotopic (exact) mass is 352 g/mol. The van der Waals surface area contributed by atoms with Crippen LogP contribution in [0.15, 0.2) is 54.6 Å². The lowest BCUT2D eigenvalue weighted by molar-refractivity contribution is -0.384. The van der Waals surface area contributed by atoms with Crippen molar-refractivity contribution in [2.75, 3.05) is 23.3 Å². The number of amides is 3. The van der Waals surface area contributed by atoms with Crippen LogP contribution >= 0.6 is 0 Å². The zero-order valence-corrected chi connectivity index (χ0v) is 13.7. The van der Waals surface area contributed by atoms with Crippen LogP contribution in [-0.4, -0.2) is 30.0 Å². The largest absolute Gasteiger partial charge is 0.336 e. The Balaban J connectivity index is 1.59. The highest BCUT2D eigenvalue weighted by atomic mass is 16.6. The third-order valence-corrected chi connectivity index (χ3v) is 3.83. The van der Waals surface area contributed by atoms with E-state index in [1.165, 1.54) is 18.2 Å². The second kappa shape index (κ2) is 7.47. The summed E-state index contributed by atoms with van der Waals surface area (Å²) in [6.45, 7) is 1.23. The molecule has 2 aromatic carbocycles. The number of nitrogens with one attached hydrogen (secondary N) is 2. The van der Waals surface area contributed by atoms with Gasteiger partial charge in [-0.1, -0.05) is 0 Å². The molecule has 3 amide bonds. The van der Waals surface area contributed by atoms with E-state index in [4.69, 9.17) is 0 Å². The number of nitro benzene ring substituents is 1. The van der Waals surface area contributed by atoms with Crippen molar-refractivity contribution >= 4 is 35.1 Å². The summed E-state index contributed by atoms with van der Waals surface area (Å²) in [5.74, 6) is -0.324. The summed E-state index contributed by atoms with van der Waals surface area (Å²) in [6.07, 6.45) is 2.92. The minimum Gasteiger partial charge on any atom is -0.336 e. The first-order valence-electron chi connectivity index (χ1n) is 7.92. The number of non-ortho nitro benzene ring substituents is 1. The Morgan fingerprint density at radius 3 is 2.42 bits per heavy atom. The van der Waals surface area contributed by atoms with Crippen molar-refractivity contribution in [1.29, 1.82) is 0 Å². The molecule has 0 unspecified atom stereocenters. The first kappa shape index (κ1) is 17.2. The molecule has 2 aromatic rings. The van der Waals surface area contributed by atoms with Gasteiger partial charge in [0.25, 0.3) is 5.69 Å². The van der Waals surface area contributed by atoms with Crippen molar-refractivity contribution < 1.29 is 14.5 Å². The lowest BCUT2D eigenvalue weighted by Crippen LogP contribution is -2.27.